The van der Waals surface area contributed by atoms with Gasteiger partial charge in [0, 0.05) is 26.1 Å². The van der Waals surface area contributed by atoms with Gasteiger partial charge in [0.2, 0.25) is 5.91 Å². The van der Waals surface area contributed by atoms with E-state index in [1.807, 2.05) is 0 Å². The molecule has 2 heterocycles. The van der Waals surface area contributed by atoms with Gasteiger partial charge in [0.05, 0.1) is 12.6 Å². The summed E-state index contributed by atoms with van der Waals surface area (Å²) in [5.41, 5.74) is 0. The fourth-order valence-corrected chi connectivity index (χ4v) is 4.06. The van der Waals surface area contributed by atoms with Crippen molar-refractivity contribution in [3.8, 4) is 0 Å². The van der Waals surface area contributed by atoms with Crippen LogP contribution in [0.4, 0.5) is 0 Å². The van der Waals surface area contributed by atoms with Crippen LogP contribution in [0, 0.1) is 17.8 Å². The molecule has 18 heavy (non-hydrogen) atoms. The third-order valence-electron chi connectivity index (χ3n) is 5.01. The molecule has 1 saturated carbocycles. The van der Waals surface area contributed by atoms with E-state index < -0.39 is 0 Å². The van der Waals surface area contributed by atoms with Crippen molar-refractivity contribution < 1.29 is 9.53 Å². The van der Waals surface area contributed by atoms with Crippen LogP contribution in [-0.2, 0) is 9.53 Å². The molecule has 0 spiro atoms. The van der Waals surface area contributed by atoms with Gasteiger partial charge in [-0.25, -0.2) is 0 Å². The Hall–Kier alpha value is -0.610. The summed E-state index contributed by atoms with van der Waals surface area (Å²) in [6, 6.07) is 0.110. The number of hydrogen-bond acceptors (Lipinski definition) is 3. The molecule has 3 fully saturated rings. The van der Waals surface area contributed by atoms with Gasteiger partial charge in [-0.05, 0) is 37.6 Å². The second-order valence-electron chi connectivity index (χ2n) is 6.14. The van der Waals surface area contributed by atoms with Crippen LogP contribution in [0.5, 0.6) is 0 Å². The van der Waals surface area contributed by atoms with E-state index in [0.717, 1.165) is 38.6 Å². The highest BCUT2D eigenvalue weighted by Gasteiger charge is 2.44. The van der Waals surface area contributed by atoms with Crippen LogP contribution in [0.1, 0.15) is 25.7 Å². The topological polar surface area (TPSA) is 41.6 Å². The summed E-state index contributed by atoms with van der Waals surface area (Å²) in [5, 5.41) is 3.46. The fraction of sp³-hybridized carbons (Fsp3) is 0.929. The maximum absolute atomic E-state index is 12.6. The Morgan fingerprint density at radius 1 is 1.39 bits per heavy atom. The molecule has 0 radical (unpaired) electrons. The number of ether oxygens (including phenoxy) is 1. The van der Waals surface area contributed by atoms with Crippen molar-refractivity contribution in [3.05, 3.63) is 0 Å². The van der Waals surface area contributed by atoms with Crippen LogP contribution in [0.25, 0.3) is 0 Å². The van der Waals surface area contributed by atoms with Gasteiger partial charge >= 0.3 is 0 Å². The molecular weight excluding hydrogens is 228 g/mol. The van der Waals surface area contributed by atoms with Crippen LogP contribution in [-0.4, -0.2) is 50.2 Å². The third kappa shape index (κ3) is 2.16. The highest BCUT2D eigenvalue weighted by molar-refractivity contribution is 5.83. The van der Waals surface area contributed by atoms with Gasteiger partial charge in [-0.1, -0.05) is 6.42 Å². The van der Waals surface area contributed by atoms with Crippen molar-refractivity contribution in [3.63, 3.8) is 0 Å². The Morgan fingerprint density at radius 3 is 3.11 bits per heavy atom. The molecule has 4 unspecified atom stereocenters. The number of likely N-dealkylation sites (tertiary alicyclic amines) is 1. The molecule has 1 aliphatic carbocycles. The Morgan fingerprint density at radius 2 is 2.28 bits per heavy atom. The molecule has 0 aromatic carbocycles. The SMILES string of the molecule is COCC1CCN(C(=O)C2NCC3CCCC32)C1. The third-order valence-corrected chi connectivity index (χ3v) is 5.01. The monoisotopic (exact) mass is 252 g/mol. The summed E-state index contributed by atoms with van der Waals surface area (Å²) in [5.74, 6) is 2.26. The first kappa shape index (κ1) is 12.4. The van der Waals surface area contributed by atoms with Crippen molar-refractivity contribution in [1.82, 2.24) is 10.2 Å². The summed E-state index contributed by atoms with van der Waals surface area (Å²) in [7, 11) is 1.74. The van der Waals surface area contributed by atoms with E-state index in [1.165, 1.54) is 19.3 Å². The zero-order valence-electron chi connectivity index (χ0n) is 11.2. The van der Waals surface area contributed by atoms with Crippen LogP contribution in [0.15, 0.2) is 0 Å². The van der Waals surface area contributed by atoms with Crippen LogP contribution < -0.4 is 5.32 Å². The zero-order chi connectivity index (χ0) is 12.5. The molecule has 0 aromatic heterocycles. The average Bonchev–Trinajstić information content (AvgIpc) is 3.04. The molecule has 3 aliphatic rings. The van der Waals surface area contributed by atoms with Gasteiger partial charge in [-0.2, -0.15) is 0 Å². The molecule has 2 aliphatic heterocycles. The molecule has 4 heteroatoms. The first-order valence-electron chi connectivity index (χ1n) is 7.30. The molecule has 4 atom stereocenters. The van der Waals surface area contributed by atoms with Crippen molar-refractivity contribution in [2.45, 2.75) is 31.7 Å². The number of fused-ring (bicyclic) bond motifs is 1. The molecule has 102 valence electrons. The maximum atomic E-state index is 12.6. The van der Waals surface area contributed by atoms with Gasteiger partial charge in [0.1, 0.15) is 0 Å². The molecule has 3 rings (SSSR count). The second kappa shape index (κ2) is 5.17. The Bertz CT molecular complexity index is 321. The summed E-state index contributed by atoms with van der Waals surface area (Å²) in [4.78, 5) is 14.6. The van der Waals surface area contributed by atoms with E-state index in [-0.39, 0.29) is 6.04 Å². The van der Waals surface area contributed by atoms with Gasteiger partial charge in [0.25, 0.3) is 0 Å². The Balaban J connectivity index is 1.58. The van der Waals surface area contributed by atoms with Gasteiger partial charge in [-0.3, -0.25) is 4.79 Å². The highest BCUT2D eigenvalue weighted by Crippen LogP contribution is 2.38. The molecule has 4 nitrogen and oxygen atoms in total. The fourth-order valence-electron chi connectivity index (χ4n) is 4.06. The number of carbonyl (C=O) groups is 1. The van der Waals surface area contributed by atoms with Gasteiger partial charge in [-0.15, -0.1) is 0 Å². The van der Waals surface area contributed by atoms with E-state index in [4.69, 9.17) is 4.74 Å². The molecule has 2 saturated heterocycles. The second-order valence-corrected chi connectivity index (χ2v) is 6.14. The minimum atomic E-state index is 0.110. The minimum Gasteiger partial charge on any atom is -0.384 e. The molecule has 1 amide bonds. The van der Waals surface area contributed by atoms with Crippen molar-refractivity contribution in [1.29, 1.82) is 0 Å². The van der Waals surface area contributed by atoms with Crippen LogP contribution >= 0.6 is 0 Å². The zero-order valence-corrected chi connectivity index (χ0v) is 11.2. The van der Waals surface area contributed by atoms with Crippen molar-refractivity contribution >= 4 is 5.91 Å². The van der Waals surface area contributed by atoms with Crippen molar-refractivity contribution in [2.75, 3.05) is 33.4 Å². The largest absolute Gasteiger partial charge is 0.384 e. The van der Waals surface area contributed by atoms with Gasteiger partial charge in [0.15, 0.2) is 0 Å². The maximum Gasteiger partial charge on any atom is 0.240 e. The van der Waals surface area contributed by atoms with Crippen LogP contribution in [0.2, 0.25) is 0 Å². The van der Waals surface area contributed by atoms with E-state index in [0.29, 0.717) is 17.7 Å². The number of nitrogens with one attached hydrogen (secondary N) is 1. The van der Waals surface area contributed by atoms with Crippen molar-refractivity contribution in [2.24, 2.45) is 17.8 Å². The lowest BCUT2D eigenvalue weighted by Crippen LogP contribution is -2.45. The minimum absolute atomic E-state index is 0.110. The first-order chi connectivity index (χ1) is 8.79. The first-order valence-corrected chi connectivity index (χ1v) is 7.30. The lowest BCUT2D eigenvalue weighted by Gasteiger charge is -2.24. The standard InChI is InChI=1S/C14H24N2O2/c1-18-9-10-5-6-16(8-10)14(17)13-12-4-2-3-11(12)7-15-13/h10-13,15H,2-9H2,1H3. The summed E-state index contributed by atoms with van der Waals surface area (Å²) >= 11 is 0. The lowest BCUT2D eigenvalue weighted by molar-refractivity contribution is -0.133. The normalized spacial score (nSPS) is 39.3. The number of hydrogen-bond donors (Lipinski definition) is 1. The quantitative estimate of drug-likeness (QED) is 0.810. The predicted molar refractivity (Wildman–Crippen MR) is 69.2 cm³/mol. The molecule has 0 aromatic rings. The predicted octanol–water partition coefficient (Wildman–Crippen LogP) is 0.869. The summed E-state index contributed by atoms with van der Waals surface area (Å²) in [6.07, 6.45) is 4.96. The van der Waals surface area contributed by atoms with E-state index in [1.54, 1.807) is 7.11 Å². The van der Waals surface area contributed by atoms with E-state index in [2.05, 4.69) is 10.2 Å². The van der Waals surface area contributed by atoms with E-state index in [9.17, 15) is 4.79 Å². The number of amides is 1. The lowest BCUT2D eigenvalue weighted by atomic mass is 9.93. The molecular formula is C14H24N2O2. The molecule has 1 N–H and O–H groups in total. The van der Waals surface area contributed by atoms with Gasteiger partial charge < -0.3 is 15.0 Å². The number of rotatable bonds is 3. The Kier molecular flexibility index (Phi) is 3.57. The number of methoxy groups -OCH3 is 1. The smallest absolute Gasteiger partial charge is 0.240 e. The average molecular weight is 252 g/mol. The number of carbonyl (C=O) groups excluding carboxylic acids is 1. The number of nitrogens with zero attached hydrogens (tertiary/aromatic N) is 1. The molecule has 0 bridgehead atoms. The van der Waals surface area contributed by atoms with E-state index >= 15 is 0 Å². The summed E-state index contributed by atoms with van der Waals surface area (Å²) < 4.78 is 5.20. The van der Waals surface area contributed by atoms with Crippen LogP contribution in [0.3, 0.4) is 0 Å². The Labute approximate surface area is 109 Å². The summed E-state index contributed by atoms with van der Waals surface area (Å²) in [6.45, 7) is 3.65. The highest BCUT2D eigenvalue weighted by atomic mass is 16.5.